The Bertz CT molecular complexity index is 981. The summed E-state index contributed by atoms with van der Waals surface area (Å²) < 4.78 is 1.92. The number of amides is 2. The molecule has 1 atom stereocenters. The van der Waals surface area contributed by atoms with Crippen molar-refractivity contribution in [3.63, 3.8) is 0 Å². The summed E-state index contributed by atoms with van der Waals surface area (Å²) in [6.07, 6.45) is 3.67. The zero-order chi connectivity index (χ0) is 18.1. The number of hydrogen-bond acceptors (Lipinski definition) is 4. The van der Waals surface area contributed by atoms with E-state index in [2.05, 4.69) is 15.5 Å². The van der Waals surface area contributed by atoms with E-state index in [0.717, 1.165) is 24.3 Å². The first kappa shape index (κ1) is 16.3. The molecule has 2 aromatic heterocycles. The number of carbonyl (C=O) groups excluding carboxylic acids is 2. The van der Waals surface area contributed by atoms with Crippen molar-refractivity contribution in [1.82, 2.24) is 19.5 Å². The molecule has 0 spiro atoms. The van der Waals surface area contributed by atoms with Crippen molar-refractivity contribution in [2.24, 2.45) is 0 Å². The maximum absolute atomic E-state index is 12.8. The molecule has 1 fully saturated rings. The number of likely N-dealkylation sites (tertiary alicyclic amines) is 1. The summed E-state index contributed by atoms with van der Waals surface area (Å²) >= 11 is 0. The van der Waals surface area contributed by atoms with Crippen LogP contribution in [-0.2, 0) is 0 Å². The molecule has 7 nitrogen and oxygen atoms in total. The van der Waals surface area contributed by atoms with E-state index in [4.69, 9.17) is 0 Å². The summed E-state index contributed by atoms with van der Waals surface area (Å²) in [7, 11) is 0. The number of fused-ring (bicyclic) bond motifs is 1. The molecule has 1 aromatic carbocycles. The second kappa shape index (κ2) is 6.59. The topological polar surface area (TPSA) is 79.6 Å². The Morgan fingerprint density at radius 3 is 2.88 bits per heavy atom. The summed E-state index contributed by atoms with van der Waals surface area (Å²) in [6, 6.07) is 12.4. The highest BCUT2D eigenvalue weighted by molar-refractivity contribution is 5.96. The number of pyridine rings is 1. The number of ketones is 1. The number of urea groups is 1. The highest BCUT2D eigenvalue weighted by Gasteiger charge is 2.33. The van der Waals surface area contributed by atoms with Crippen LogP contribution in [0.15, 0.2) is 48.7 Å². The fourth-order valence-electron chi connectivity index (χ4n) is 3.38. The van der Waals surface area contributed by atoms with Gasteiger partial charge in [-0.3, -0.25) is 9.20 Å². The number of benzene rings is 1. The number of nitrogens with one attached hydrogen (secondary N) is 1. The molecule has 1 aliphatic heterocycles. The van der Waals surface area contributed by atoms with Crippen LogP contribution in [0.2, 0.25) is 0 Å². The average molecular weight is 349 g/mol. The van der Waals surface area contributed by atoms with Gasteiger partial charge in [0.05, 0.1) is 6.04 Å². The van der Waals surface area contributed by atoms with Gasteiger partial charge in [-0.25, -0.2) is 4.79 Å². The van der Waals surface area contributed by atoms with Gasteiger partial charge in [0, 0.05) is 24.0 Å². The average Bonchev–Trinajstić information content (AvgIpc) is 3.28. The minimum Gasteiger partial charge on any atom is -0.314 e. The first-order valence-corrected chi connectivity index (χ1v) is 8.62. The Balaban J connectivity index is 1.57. The second-order valence-corrected chi connectivity index (χ2v) is 6.41. The molecular weight excluding hydrogens is 330 g/mol. The van der Waals surface area contributed by atoms with Gasteiger partial charge in [0.15, 0.2) is 17.3 Å². The molecule has 0 aliphatic carbocycles. The van der Waals surface area contributed by atoms with Crippen LogP contribution < -0.4 is 5.32 Å². The third-order valence-corrected chi connectivity index (χ3v) is 4.67. The van der Waals surface area contributed by atoms with Crippen molar-refractivity contribution in [1.29, 1.82) is 0 Å². The lowest BCUT2D eigenvalue weighted by Gasteiger charge is -2.24. The molecule has 26 heavy (non-hydrogen) atoms. The third kappa shape index (κ3) is 2.92. The summed E-state index contributed by atoms with van der Waals surface area (Å²) in [4.78, 5) is 26.1. The van der Waals surface area contributed by atoms with Crippen LogP contribution in [0, 0.1) is 0 Å². The Morgan fingerprint density at radius 2 is 2.04 bits per heavy atom. The van der Waals surface area contributed by atoms with Crippen molar-refractivity contribution >= 4 is 23.1 Å². The molecule has 2 amide bonds. The quantitative estimate of drug-likeness (QED) is 0.736. The van der Waals surface area contributed by atoms with Gasteiger partial charge >= 0.3 is 6.03 Å². The molecule has 1 saturated heterocycles. The van der Waals surface area contributed by atoms with Gasteiger partial charge in [-0.05, 0) is 44.0 Å². The van der Waals surface area contributed by atoms with Gasteiger partial charge in [-0.1, -0.05) is 18.2 Å². The van der Waals surface area contributed by atoms with Crippen LogP contribution in [0.1, 0.15) is 42.0 Å². The van der Waals surface area contributed by atoms with Gasteiger partial charge in [0.1, 0.15) is 0 Å². The fourth-order valence-corrected chi connectivity index (χ4v) is 3.38. The number of anilines is 1. The lowest BCUT2D eigenvalue weighted by molar-refractivity contribution is 0.101. The number of hydrogen-bond donors (Lipinski definition) is 1. The van der Waals surface area contributed by atoms with E-state index < -0.39 is 0 Å². The summed E-state index contributed by atoms with van der Waals surface area (Å²) in [5, 5.41) is 11.4. The van der Waals surface area contributed by atoms with Gasteiger partial charge in [0.2, 0.25) is 0 Å². The van der Waals surface area contributed by atoms with E-state index in [1.807, 2.05) is 28.8 Å². The zero-order valence-electron chi connectivity index (χ0n) is 14.4. The molecular formula is C19H19N5O2. The minimum absolute atomic E-state index is 0.0323. The third-order valence-electron chi connectivity index (χ3n) is 4.67. The lowest BCUT2D eigenvalue weighted by atomic mass is 10.1. The molecule has 0 saturated carbocycles. The van der Waals surface area contributed by atoms with Gasteiger partial charge in [-0.15, -0.1) is 10.2 Å². The molecule has 3 aromatic rings. The Morgan fingerprint density at radius 1 is 1.15 bits per heavy atom. The van der Waals surface area contributed by atoms with Crippen LogP contribution in [0.3, 0.4) is 0 Å². The van der Waals surface area contributed by atoms with Crippen LogP contribution in [0.4, 0.5) is 10.5 Å². The van der Waals surface area contributed by atoms with Crippen molar-refractivity contribution in [2.75, 3.05) is 11.9 Å². The SMILES string of the molecule is CC(=O)c1cccc(NC(=O)N2CCC[C@@H]2c2nnc3ccccn23)c1. The molecule has 7 heteroatoms. The van der Waals surface area contributed by atoms with Crippen LogP contribution in [-0.4, -0.2) is 37.9 Å². The largest absolute Gasteiger partial charge is 0.322 e. The number of carbonyl (C=O) groups is 2. The predicted molar refractivity (Wildman–Crippen MR) is 97.1 cm³/mol. The highest BCUT2D eigenvalue weighted by Crippen LogP contribution is 2.31. The van der Waals surface area contributed by atoms with Crippen molar-refractivity contribution in [3.8, 4) is 0 Å². The summed E-state index contributed by atoms with van der Waals surface area (Å²) in [5.74, 6) is 0.737. The highest BCUT2D eigenvalue weighted by atomic mass is 16.2. The van der Waals surface area contributed by atoms with E-state index in [-0.39, 0.29) is 17.9 Å². The molecule has 3 heterocycles. The first-order chi connectivity index (χ1) is 12.6. The lowest BCUT2D eigenvalue weighted by Crippen LogP contribution is -2.35. The molecule has 1 N–H and O–H groups in total. The van der Waals surface area contributed by atoms with Crippen LogP contribution in [0.25, 0.3) is 5.65 Å². The van der Waals surface area contributed by atoms with E-state index in [0.29, 0.717) is 17.8 Å². The van der Waals surface area contributed by atoms with Crippen LogP contribution in [0.5, 0.6) is 0 Å². The monoisotopic (exact) mass is 349 g/mol. The Labute approximate surface area is 150 Å². The van der Waals surface area contributed by atoms with Gasteiger partial charge < -0.3 is 10.2 Å². The maximum atomic E-state index is 12.8. The normalized spacial score (nSPS) is 16.8. The Kier molecular flexibility index (Phi) is 4.12. The molecule has 1 aliphatic rings. The maximum Gasteiger partial charge on any atom is 0.322 e. The zero-order valence-corrected chi connectivity index (χ0v) is 14.4. The predicted octanol–water partition coefficient (Wildman–Crippen LogP) is 3.30. The number of Topliss-reactive ketones (excluding diaryl/α,β-unsaturated/α-hetero) is 1. The van der Waals surface area contributed by atoms with E-state index >= 15 is 0 Å². The molecule has 132 valence electrons. The standard InChI is InChI=1S/C19H19N5O2/c1-13(25)14-6-4-7-15(12-14)20-19(26)23-11-5-8-16(23)18-22-21-17-9-2-3-10-24(17)18/h2-4,6-7,9-10,12,16H,5,8,11H2,1H3,(H,20,26)/t16-/m1/s1. The molecule has 4 rings (SSSR count). The van der Waals surface area contributed by atoms with Gasteiger partial charge in [0.25, 0.3) is 0 Å². The van der Waals surface area contributed by atoms with Crippen LogP contribution >= 0.6 is 0 Å². The number of rotatable bonds is 3. The molecule has 0 unspecified atom stereocenters. The summed E-state index contributed by atoms with van der Waals surface area (Å²) in [6.45, 7) is 2.17. The van der Waals surface area contributed by atoms with Gasteiger partial charge in [-0.2, -0.15) is 0 Å². The Hall–Kier alpha value is -3.22. The van der Waals surface area contributed by atoms with E-state index in [1.165, 1.54) is 6.92 Å². The van der Waals surface area contributed by atoms with Crippen molar-refractivity contribution < 1.29 is 9.59 Å². The first-order valence-electron chi connectivity index (χ1n) is 8.62. The summed E-state index contributed by atoms with van der Waals surface area (Å²) in [5.41, 5.74) is 1.95. The minimum atomic E-state index is -0.194. The number of nitrogens with zero attached hydrogens (tertiary/aromatic N) is 4. The van der Waals surface area contributed by atoms with E-state index in [9.17, 15) is 9.59 Å². The van der Waals surface area contributed by atoms with Crippen molar-refractivity contribution in [2.45, 2.75) is 25.8 Å². The number of aromatic nitrogens is 3. The van der Waals surface area contributed by atoms with E-state index in [1.54, 1.807) is 29.2 Å². The molecule has 0 bridgehead atoms. The van der Waals surface area contributed by atoms with Crippen molar-refractivity contribution in [3.05, 3.63) is 60.0 Å². The smallest absolute Gasteiger partial charge is 0.314 e. The fraction of sp³-hybridized carbons (Fsp3) is 0.263. The molecule has 0 radical (unpaired) electrons. The second-order valence-electron chi connectivity index (χ2n) is 6.41.